The zero-order valence-corrected chi connectivity index (χ0v) is 12.5. The van der Waals surface area contributed by atoms with Crippen LogP contribution in [0.1, 0.15) is 62.9 Å². The molecule has 0 aliphatic heterocycles. The van der Waals surface area contributed by atoms with Crippen molar-refractivity contribution in [1.29, 1.82) is 0 Å². The van der Waals surface area contributed by atoms with Gasteiger partial charge in [0.15, 0.2) is 5.13 Å². The van der Waals surface area contributed by atoms with E-state index in [0.717, 1.165) is 22.2 Å². The molecule has 1 N–H and O–H groups in total. The van der Waals surface area contributed by atoms with Gasteiger partial charge in [0.05, 0.1) is 17.2 Å². The van der Waals surface area contributed by atoms with Gasteiger partial charge in [-0.1, -0.05) is 38.0 Å². The second-order valence-electron chi connectivity index (χ2n) is 5.34. The van der Waals surface area contributed by atoms with Crippen LogP contribution < -0.4 is 4.90 Å². The maximum absolute atomic E-state index is 9.45. The normalized spacial score (nSPS) is 16.7. The van der Waals surface area contributed by atoms with Gasteiger partial charge < -0.3 is 10.0 Å². The Morgan fingerprint density at radius 1 is 1.39 bits per heavy atom. The van der Waals surface area contributed by atoms with E-state index in [4.69, 9.17) is 4.98 Å². The van der Waals surface area contributed by atoms with Gasteiger partial charge in [-0.2, -0.15) is 0 Å². The molecule has 0 bridgehead atoms. The summed E-state index contributed by atoms with van der Waals surface area (Å²) in [5.41, 5.74) is 1.08. The standard InChI is InChI=1S/C14H24N2OS/c1-4-16(11-7-5-6-8-11)14-15-13(10(2)3)12(9-17)18-14/h10-11,17H,4-9H2,1-3H3. The predicted octanol–water partition coefficient (Wildman–Crippen LogP) is 3.53. The van der Waals surface area contributed by atoms with Crippen LogP contribution >= 0.6 is 11.3 Å². The third-order valence-corrected chi connectivity index (χ3v) is 4.85. The highest BCUT2D eigenvalue weighted by atomic mass is 32.1. The smallest absolute Gasteiger partial charge is 0.186 e. The van der Waals surface area contributed by atoms with E-state index in [1.807, 2.05) is 0 Å². The summed E-state index contributed by atoms with van der Waals surface area (Å²) in [5.74, 6) is 0.388. The number of aliphatic hydroxyl groups is 1. The van der Waals surface area contributed by atoms with Gasteiger partial charge in [0.25, 0.3) is 0 Å². The molecule has 0 saturated heterocycles. The lowest BCUT2D eigenvalue weighted by molar-refractivity contribution is 0.283. The number of thiazole rings is 1. The summed E-state index contributed by atoms with van der Waals surface area (Å²) in [6.07, 6.45) is 5.27. The highest BCUT2D eigenvalue weighted by Crippen LogP contribution is 2.34. The van der Waals surface area contributed by atoms with Gasteiger partial charge in [-0.05, 0) is 25.7 Å². The van der Waals surface area contributed by atoms with Crippen molar-refractivity contribution < 1.29 is 5.11 Å². The topological polar surface area (TPSA) is 36.4 Å². The van der Waals surface area contributed by atoms with E-state index >= 15 is 0 Å². The van der Waals surface area contributed by atoms with Crippen molar-refractivity contribution >= 4 is 16.5 Å². The first-order chi connectivity index (χ1) is 8.67. The van der Waals surface area contributed by atoms with E-state index in [-0.39, 0.29) is 6.61 Å². The predicted molar refractivity (Wildman–Crippen MR) is 77.4 cm³/mol. The number of rotatable bonds is 5. The van der Waals surface area contributed by atoms with Crippen LogP contribution in [0.4, 0.5) is 5.13 Å². The lowest BCUT2D eigenvalue weighted by atomic mass is 10.1. The summed E-state index contributed by atoms with van der Waals surface area (Å²) >= 11 is 1.67. The summed E-state index contributed by atoms with van der Waals surface area (Å²) in [4.78, 5) is 8.25. The van der Waals surface area contributed by atoms with Crippen molar-refractivity contribution in [2.45, 2.75) is 65.0 Å². The summed E-state index contributed by atoms with van der Waals surface area (Å²) in [6, 6.07) is 0.660. The van der Waals surface area contributed by atoms with Crippen LogP contribution in [0.2, 0.25) is 0 Å². The monoisotopic (exact) mass is 268 g/mol. The Morgan fingerprint density at radius 2 is 2.06 bits per heavy atom. The van der Waals surface area contributed by atoms with E-state index in [1.165, 1.54) is 25.7 Å². The van der Waals surface area contributed by atoms with E-state index in [9.17, 15) is 5.11 Å². The van der Waals surface area contributed by atoms with Gasteiger partial charge >= 0.3 is 0 Å². The molecule has 1 aliphatic rings. The van der Waals surface area contributed by atoms with Crippen molar-refractivity contribution in [2.75, 3.05) is 11.4 Å². The Morgan fingerprint density at radius 3 is 2.50 bits per heavy atom. The average molecular weight is 268 g/mol. The Balaban J connectivity index is 2.25. The largest absolute Gasteiger partial charge is 0.391 e. The SMILES string of the molecule is CCN(c1nc(C(C)C)c(CO)s1)C1CCCC1. The molecule has 102 valence electrons. The van der Waals surface area contributed by atoms with Crippen LogP contribution in [0.3, 0.4) is 0 Å². The minimum absolute atomic E-state index is 0.118. The van der Waals surface area contributed by atoms with Crippen LogP contribution in [-0.4, -0.2) is 22.7 Å². The molecular weight excluding hydrogens is 244 g/mol. The molecule has 2 rings (SSSR count). The van der Waals surface area contributed by atoms with Crippen molar-refractivity contribution in [3.63, 3.8) is 0 Å². The van der Waals surface area contributed by atoms with E-state index in [0.29, 0.717) is 12.0 Å². The minimum atomic E-state index is 0.118. The second-order valence-corrected chi connectivity index (χ2v) is 6.40. The van der Waals surface area contributed by atoms with Gasteiger partial charge in [-0.3, -0.25) is 0 Å². The van der Waals surface area contributed by atoms with Crippen LogP contribution in [0.15, 0.2) is 0 Å². The molecule has 4 heteroatoms. The van der Waals surface area contributed by atoms with E-state index < -0.39 is 0 Å². The molecule has 1 fully saturated rings. The zero-order valence-electron chi connectivity index (χ0n) is 11.6. The molecule has 1 aliphatic carbocycles. The Hall–Kier alpha value is -0.610. The fourth-order valence-electron chi connectivity index (χ4n) is 2.80. The Kier molecular flexibility index (Phi) is 4.62. The minimum Gasteiger partial charge on any atom is -0.391 e. The molecule has 0 unspecified atom stereocenters. The second kappa shape index (κ2) is 6.02. The third kappa shape index (κ3) is 2.69. The molecular formula is C14H24N2OS. The van der Waals surface area contributed by atoms with Crippen molar-refractivity contribution in [3.05, 3.63) is 10.6 Å². The number of aliphatic hydroxyl groups excluding tert-OH is 1. The van der Waals surface area contributed by atoms with Gasteiger partial charge in [0, 0.05) is 12.6 Å². The summed E-state index contributed by atoms with van der Waals surface area (Å²) in [6.45, 7) is 7.62. The molecule has 1 heterocycles. The molecule has 3 nitrogen and oxygen atoms in total. The van der Waals surface area contributed by atoms with E-state index in [1.54, 1.807) is 11.3 Å². The van der Waals surface area contributed by atoms with Gasteiger partial charge in [-0.25, -0.2) is 4.98 Å². The van der Waals surface area contributed by atoms with Gasteiger partial charge in [0.1, 0.15) is 0 Å². The molecule has 18 heavy (non-hydrogen) atoms. The highest BCUT2D eigenvalue weighted by Gasteiger charge is 2.25. The molecule has 1 aromatic heterocycles. The lowest BCUT2D eigenvalue weighted by Crippen LogP contribution is -2.32. The summed E-state index contributed by atoms with van der Waals surface area (Å²) < 4.78 is 0. The first-order valence-corrected chi connectivity index (χ1v) is 7.86. The first-order valence-electron chi connectivity index (χ1n) is 7.04. The maximum Gasteiger partial charge on any atom is 0.186 e. The van der Waals surface area contributed by atoms with Gasteiger partial charge in [0.2, 0.25) is 0 Å². The number of nitrogens with zero attached hydrogens (tertiary/aromatic N) is 2. The molecule has 0 atom stereocenters. The quantitative estimate of drug-likeness (QED) is 0.887. The molecule has 0 radical (unpaired) electrons. The van der Waals surface area contributed by atoms with Crippen LogP contribution in [0.25, 0.3) is 0 Å². The first kappa shape index (κ1) is 13.8. The zero-order chi connectivity index (χ0) is 13.1. The number of hydrogen-bond donors (Lipinski definition) is 1. The molecule has 1 aromatic rings. The van der Waals surface area contributed by atoms with Crippen LogP contribution in [-0.2, 0) is 6.61 Å². The highest BCUT2D eigenvalue weighted by molar-refractivity contribution is 7.15. The Bertz CT molecular complexity index is 383. The van der Waals surface area contributed by atoms with Crippen molar-refractivity contribution in [2.24, 2.45) is 0 Å². The lowest BCUT2D eigenvalue weighted by Gasteiger charge is -2.27. The summed E-state index contributed by atoms with van der Waals surface area (Å²) in [5, 5.41) is 10.6. The third-order valence-electron chi connectivity index (χ3n) is 3.76. The molecule has 0 amide bonds. The fourth-order valence-corrected chi connectivity index (χ4v) is 4.01. The summed E-state index contributed by atoms with van der Waals surface area (Å²) in [7, 11) is 0. The molecule has 0 spiro atoms. The molecule has 1 saturated carbocycles. The van der Waals surface area contributed by atoms with Crippen LogP contribution in [0, 0.1) is 0 Å². The van der Waals surface area contributed by atoms with Crippen molar-refractivity contribution in [1.82, 2.24) is 4.98 Å². The number of hydrogen-bond acceptors (Lipinski definition) is 4. The van der Waals surface area contributed by atoms with Crippen molar-refractivity contribution in [3.8, 4) is 0 Å². The van der Waals surface area contributed by atoms with Gasteiger partial charge in [-0.15, -0.1) is 0 Å². The van der Waals surface area contributed by atoms with E-state index in [2.05, 4.69) is 25.7 Å². The molecule has 0 aromatic carbocycles. The number of anilines is 1. The Labute approximate surface area is 114 Å². The maximum atomic E-state index is 9.45. The number of aromatic nitrogens is 1. The fraction of sp³-hybridized carbons (Fsp3) is 0.786. The average Bonchev–Trinajstić information content (AvgIpc) is 2.98. The van der Waals surface area contributed by atoms with Crippen LogP contribution in [0.5, 0.6) is 0 Å².